The van der Waals surface area contributed by atoms with Crippen LogP contribution in [0.3, 0.4) is 0 Å². The fourth-order valence-electron chi connectivity index (χ4n) is 9.82. The highest BCUT2D eigenvalue weighted by Gasteiger charge is 2.22. The molecule has 0 fully saturated rings. The summed E-state index contributed by atoms with van der Waals surface area (Å²) < 4.78 is 9.71. The number of furan rings is 1. The molecule has 0 atom stereocenters. The molecule has 0 amide bonds. The number of fused-ring (bicyclic) bond motifs is 13. The van der Waals surface area contributed by atoms with Crippen LogP contribution in [0.2, 0.25) is 0 Å². The quantitative estimate of drug-likeness (QED) is 0.161. The highest BCUT2D eigenvalue weighted by molar-refractivity contribution is 7.26. The molecule has 13 rings (SSSR count). The summed E-state index contributed by atoms with van der Waals surface area (Å²) in [7, 11) is 0. The van der Waals surface area contributed by atoms with Crippen molar-refractivity contribution in [1.82, 2.24) is 0 Å². The van der Waals surface area contributed by atoms with Gasteiger partial charge in [0.25, 0.3) is 0 Å². The molecule has 2 nitrogen and oxygen atoms in total. The van der Waals surface area contributed by atoms with Gasteiger partial charge in [-0.25, -0.2) is 0 Å². The molecule has 0 radical (unpaired) electrons. The second-order valence-electron chi connectivity index (χ2n) is 16.0. The molecule has 13 aromatic rings. The van der Waals surface area contributed by atoms with E-state index in [2.05, 4.69) is 217 Å². The number of nitrogens with zero attached hydrogens (tertiary/aromatic N) is 1. The van der Waals surface area contributed by atoms with Crippen molar-refractivity contribution >= 4 is 114 Å². The van der Waals surface area contributed by atoms with Crippen molar-refractivity contribution in [2.75, 3.05) is 4.90 Å². The van der Waals surface area contributed by atoms with Crippen molar-refractivity contribution in [3.63, 3.8) is 0 Å². The Hall–Kier alpha value is -7.72. The Morgan fingerprint density at radius 2 is 0.918 bits per heavy atom. The summed E-state index contributed by atoms with van der Waals surface area (Å²) in [6.45, 7) is 0. The van der Waals surface area contributed by atoms with Crippen LogP contribution in [-0.2, 0) is 0 Å². The van der Waals surface area contributed by atoms with E-state index < -0.39 is 0 Å². The SMILES string of the molecule is c1ccc(-c2ccc(N(c3ccc4c(c3)oc3c(-c5ccc6c7ccccc7c7ccccc7c6c5)c5ccccc5cc34)c3cccc4c3sc3ccccc34)cc2)cc1. The molecule has 11 aromatic carbocycles. The molecule has 2 heterocycles. The highest BCUT2D eigenvalue weighted by Crippen LogP contribution is 2.48. The van der Waals surface area contributed by atoms with Gasteiger partial charge in [0.15, 0.2) is 0 Å². The molecule has 2 aromatic heterocycles. The third kappa shape index (κ3) is 5.28. The van der Waals surface area contributed by atoms with Crippen LogP contribution in [0.5, 0.6) is 0 Å². The molecule has 0 unspecified atom stereocenters. The first-order valence-electron chi connectivity index (χ1n) is 20.8. The molecule has 0 bridgehead atoms. The lowest BCUT2D eigenvalue weighted by molar-refractivity contribution is 0.670. The zero-order valence-corrected chi connectivity index (χ0v) is 33.8. The normalized spacial score (nSPS) is 11.9. The summed E-state index contributed by atoms with van der Waals surface area (Å²) in [6, 6.07) is 77.3. The Balaban J connectivity index is 1.04. The summed E-state index contributed by atoms with van der Waals surface area (Å²) in [5, 5.41) is 14.7. The van der Waals surface area contributed by atoms with Gasteiger partial charge in [0, 0.05) is 49.2 Å². The number of rotatable bonds is 5. The van der Waals surface area contributed by atoms with Crippen molar-refractivity contribution in [2.24, 2.45) is 0 Å². The molecule has 61 heavy (non-hydrogen) atoms. The van der Waals surface area contributed by atoms with Gasteiger partial charge in [0.05, 0.1) is 10.4 Å². The molecule has 0 N–H and O–H groups in total. The Morgan fingerprint density at radius 1 is 0.344 bits per heavy atom. The van der Waals surface area contributed by atoms with E-state index in [9.17, 15) is 0 Å². The van der Waals surface area contributed by atoms with Crippen LogP contribution in [0.15, 0.2) is 217 Å². The molecular weight excluding hydrogens is 759 g/mol. The minimum absolute atomic E-state index is 0.857. The van der Waals surface area contributed by atoms with Crippen molar-refractivity contribution in [2.45, 2.75) is 0 Å². The van der Waals surface area contributed by atoms with Gasteiger partial charge < -0.3 is 9.32 Å². The third-order valence-electron chi connectivity index (χ3n) is 12.6. The van der Waals surface area contributed by atoms with E-state index in [0.717, 1.165) is 50.1 Å². The van der Waals surface area contributed by atoms with Gasteiger partial charge in [-0.05, 0) is 108 Å². The number of anilines is 3. The Labute approximate surface area is 355 Å². The van der Waals surface area contributed by atoms with Crippen LogP contribution < -0.4 is 4.90 Å². The maximum atomic E-state index is 7.17. The monoisotopic (exact) mass is 793 g/mol. The summed E-state index contributed by atoms with van der Waals surface area (Å²) >= 11 is 1.85. The topological polar surface area (TPSA) is 16.4 Å². The number of benzene rings is 11. The van der Waals surface area contributed by atoms with Gasteiger partial charge >= 0.3 is 0 Å². The fourth-order valence-corrected chi connectivity index (χ4v) is 11.0. The van der Waals surface area contributed by atoms with Gasteiger partial charge in [0.1, 0.15) is 11.2 Å². The molecule has 3 heteroatoms. The van der Waals surface area contributed by atoms with E-state index in [4.69, 9.17) is 4.42 Å². The fraction of sp³-hybridized carbons (Fsp3) is 0. The lowest BCUT2D eigenvalue weighted by atomic mass is 9.90. The van der Waals surface area contributed by atoms with E-state index in [0.29, 0.717) is 0 Å². The maximum absolute atomic E-state index is 7.17. The lowest BCUT2D eigenvalue weighted by Crippen LogP contribution is -2.10. The third-order valence-corrected chi connectivity index (χ3v) is 13.8. The molecule has 0 aliphatic rings. The highest BCUT2D eigenvalue weighted by atomic mass is 32.1. The first-order valence-corrected chi connectivity index (χ1v) is 21.6. The van der Waals surface area contributed by atoms with Crippen LogP contribution in [0.1, 0.15) is 0 Å². The molecule has 284 valence electrons. The second-order valence-corrected chi connectivity index (χ2v) is 17.0. The van der Waals surface area contributed by atoms with Crippen LogP contribution >= 0.6 is 11.3 Å². The Bertz CT molecular complexity index is 3840. The molecule has 0 aliphatic heterocycles. The summed E-state index contributed by atoms with van der Waals surface area (Å²) in [4.78, 5) is 2.40. The summed E-state index contributed by atoms with van der Waals surface area (Å²) in [6.07, 6.45) is 0. The van der Waals surface area contributed by atoms with E-state index >= 15 is 0 Å². The average Bonchev–Trinajstić information content (AvgIpc) is 3.90. The summed E-state index contributed by atoms with van der Waals surface area (Å²) in [5.74, 6) is 0. The zero-order valence-electron chi connectivity index (χ0n) is 33.0. The van der Waals surface area contributed by atoms with E-state index in [1.807, 2.05) is 11.3 Å². The van der Waals surface area contributed by atoms with Gasteiger partial charge in [-0.1, -0.05) is 158 Å². The van der Waals surface area contributed by atoms with Gasteiger partial charge in [-0.3, -0.25) is 0 Å². The van der Waals surface area contributed by atoms with Crippen LogP contribution in [0.25, 0.3) is 107 Å². The van der Waals surface area contributed by atoms with E-state index in [1.165, 1.54) is 74.4 Å². The molecular formula is C58H35NOS. The van der Waals surface area contributed by atoms with Crippen LogP contribution in [0, 0.1) is 0 Å². The molecule has 0 spiro atoms. The van der Waals surface area contributed by atoms with Gasteiger partial charge in [-0.15, -0.1) is 11.3 Å². The molecule has 0 saturated carbocycles. The van der Waals surface area contributed by atoms with Gasteiger partial charge in [-0.2, -0.15) is 0 Å². The van der Waals surface area contributed by atoms with Crippen LogP contribution in [-0.4, -0.2) is 0 Å². The number of hydrogen-bond donors (Lipinski definition) is 0. The minimum atomic E-state index is 0.857. The van der Waals surface area contributed by atoms with Crippen LogP contribution in [0.4, 0.5) is 17.1 Å². The Kier molecular flexibility index (Phi) is 7.51. The smallest absolute Gasteiger partial charge is 0.143 e. The first-order chi connectivity index (χ1) is 30.2. The predicted octanol–water partition coefficient (Wildman–Crippen LogP) is 17.4. The first kappa shape index (κ1) is 34.2. The maximum Gasteiger partial charge on any atom is 0.143 e. The lowest BCUT2D eigenvalue weighted by Gasteiger charge is -2.26. The Morgan fingerprint density at radius 3 is 1.69 bits per heavy atom. The zero-order chi connectivity index (χ0) is 40.0. The molecule has 0 saturated heterocycles. The van der Waals surface area contributed by atoms with Crippen molar-refractivity contribution in [1.29, 1.82) is 0 Å². The minimum Gasteiger partial charge on any atom is -0.455 e. The van der Waals surface area contributed by atoms with E-state index in [1.54, 1.807) is 0 Å². The van der Waals surface area contributed by atoms with Crippen molar-refractivity contribution in [3.05, 3.63) is 212 Å². The van der Waals surface area contributed by atoms with Gasteiger partial charge in [0.2, 0.25) is 0 Å². The van der Waals surface area contributed by atoms with Crippen molar-refractivity contribution in [3.8, 4) is 22.3 Å². The molecule has 0 aliphatic carbocycles. The largest absolute Gasteiger partial charge is 0.455 e. The summed E-state index contributed by atoms with van der Waals surface area (Å²) in [5.41, 5.74) is 9.68. The second kappa shape index (κ2) is 13.4. The number of thiophene rings is 1. The standard InChI is InChI=1S/C58H35NOS/c1-2-13-36(14-3-1)37-25-28-40(29-26-37)59(53-23-12-22-50-49-21-10-11-24-55(49)61-58(50)53)41-30-32-48-52-33-38-15-4-5-16-42(38)56(57(52)60-54(48)35-41)39-27-31-47-45-19-7-6-17-43(45)44-18-8-9-20-46(44)51(47)34-39/h1-35H. The number of hydrogen-bond acceptors (Lipinski definition) is 3. The van der Waals surface area contributed by atoms with Crippen molar-refractivity contribution < 1.29 is 4.42 Å². The van der Waals surface area contributed by atoms with E-state index in [-0.39, 0.29) is 0 Å². The predicted molar refractivity (Wildman–Crippen MR) is 262 cm³/mol. The average molecular weight is 794 g/mol.